The Morgan fingerprint density at radius 2 is 1.65 bits per heavy atom. The van der Waals surface area contributed by atoms with Crippen molar-refractivity contribution < 1.29 is 4.39 Å². The molecule has 0 aliphatic carbocycles. The minimum atomic E-state index is -0.161. The Morgan fingerprint density at radius 3 is 2.38 bits per heavy atom. The predicted molar refractivity (Wildman–Crippen MR) is 136 cm³/mol. The third-order valence-electron chi connectivity index (χ3n) is 6.74. The zero-order chi connectivity index (χ0) is 23.5. The van der Waals surface area contributed by atoms with Crippen molar-refractivity contribution in [1.29, 1.82) is 0 Å². The molecule has 1 fully saturated rings. The molecule has 174 valence electrons. The molecule has 4 aromatic rings. The molecular weight excluding hydrogens is 449 g/mol. The van der Waals surface area contributed by atoms with Gasteiger partial charge < -0.3 is 4.90 Å². The van der Waals surface area contributed by atoms with E-state index in [4.69, 9.17) is 16.7 Å². The second kappa shape index (κ2) is 10.1. The van der Waals surface area contributed by atoms with Crippen molar-refractivity contribution in [3.8, 4) is 11.3 Å². The van der Waals surface area contributed by atoms with E-state index >= 15 is 0 Å². The summed E-state index contributed by atoms with van der Waals surface area (Å²) >= 11 is 6.07. The molecule has 0 spiro atoms. The van der Waals surface area contributed by atoms with Crippen molar-refractivity contribution in [2.75, 3.05) is 19.6 Å². The van der Waals surface area contributed by atoms with Gasteiger partial charge in [0.25, 0.3) is 5.56 Å². The summed E-state index contributed by atoms with van der Waals surface area (Å²) in [6, 6.07) is 22.2. The van der Waals surface area contributed by atoms with Gasteiger partial charge in [0.1, 0.15) is 5.82 Å². The maximum Gasteiger partial charge on any atom is 0.274 e. The minimum Gasteiger partial charge on any atom is -0.303 e. The Labute approximate surface area is 203 Å². The summed E-state index contributed by atoms with van der Waals surface area (Å²) in [6.45, 7) is 3.44. The fourth-order valence-electron chi connectivity index (χ4n) is 4.90. The highest BCUT2D eigenvalue weighted by Crippen LogP contribution is 2.29. The second-order valence-electron chi connectivity index (χ2n) is 8.95. The molecule has 2 heterocycles. The predicted octanol–water partition coefficient (Wildman–Crippen LogP) is 6.13. The molecule has 1 aromatic heterocycles. The quantitative estimate of drug-likeness (QED) is 0.337. The van der Waals surface area contributed by atoms with Gasteiger partial charge in [-0.15, -0.1) is 0 Å². The van der Waals surface area contributed by atoms with Crippen LogP contribution in [0.4, 0.5) is 4.39 Å². The number of aromatic nitrogens is 2. The van der Waals surface area contributed by atoms with Gasteiger partial charge in [0, 0.05) is 22.5 Å². The number of benzene rings is 3. The van der Waals surface area contributed by atoms with Crippen LogP contribution in [-0.2, 0) is 6.54 Å². The molecule has 0 unspecified atom stereocenters. The largest absolute Gasteiger partial charge is 0.303 e. The van der Waals surface area contributed by atoms with E-state index in [2.05, 4.69) is 4.90 Å². The van der Waals surface area contributed by atoms with Gasteiger partial charge >= 0.3 is 0 Å². The van der Waals surface area contributed by atoms with E-state index in [0.29, 0.717) is 22.9 Å². The van der Waals surface area contributed by atoms with Crippen LogP contribution in [0.1, 0.15) is 30.7 Å². The number of nitrogens with zero attached hydrogens (tertiary/aromatic N) is 3. The number of piperidine rings is 1. The molecule has 3 aromatic carbocycles. The first-order chi connectivity index (χ1) is 16.6. The summed E-state index contributed by atoms with van der Waals surface area (Å²) in [6.07, 6.45) is 2.90. The van der Waals surface area contributed by atoms with Gasteiger partial charge in [-0.05, 0) is 80.7 Å². The van der Waals surface area contributed by atoms with Crippen molar-refractivity contribution in [1.82, 2.24) is 14.7 Å². The average molecular weight is 476 g/mol. The van der Waals surface area contributed by atoms with Gasteiger partial charge in [-0.3, -0.25) is 4.79 Å². The van der Waals surface area contributed by atoms with Crippen molar-refractivity contribution in [2.45, 2.75) is 31.7 Å². The summed E-state index contributed by atoms with van der Waals surface area (Å²) in [4.78, 5) is 15.5. The SMILES string of the molecule is O=c1c2ccccc2c(-c2ccc(Cl)cc2)nn1CCCN1CCC(c2cccc(F)c2)CC1. The first kappa shape index (κ1) is 22.8. The fraction of sp³-hybridized carbons (Fsp3) is 0.286. The van der Waals surface area contributed by atoms with E-state index in [1.54, 1.807) is 16.8 Å². The standard InChI is InChI=1S/C28H27ClFN3O/c29-23-11-9-21(10-12-23)27-25-7-1-2-8-26(25)28(34)33(31-27)16-4-15-32-17-13-20(14-18-32)22-5-3-6-24(30)19-22/h1-3,5-12,19-20H,4,13-18H2. The lowest BCUT2D eigenvalue weighted by atomic mass is 9.89. The highest BCUT2D eigenvalue weighted by molar-refractivity contribution is 6.30. The van der Waals surface area contributed by atoms with Crippen LogP contribution in [0.5, 0.6) is 0 Å². The van der Waals surface area contributed by atoms with Gasteiger partial charge in [0.05, 0.1) is 11.1 Å². The Morgan fingerprint density at radius 1 is 0.912 bits per heavy atom. The first-order valence-electron chi connectivity index (χ1n) is 11.8. The Balaban J connectivity index is 1.27. The highest BCUT2D eigenvalue weighted by atomic mass is 35.5. The third-order valence-corrected chi connectivity index (χ3v) is 6.99. The number of aryl methyl sites for hydroxylation is 1. The molecule has 0 atom stereocenters. The normalized spacial score (nSPS) is 15.1. The Hall–Kier alpha value is -3.02. The summed E-state index contributed by atoms with van der Waals surface area (Å²) in [5, 5.41) is 6.95. The van der Waals surface area contributed by atoms with E-state index in [9.17, 15) is 9.18 Å². The topological polar surface area (TPSA) is 38.1 Å². The van der Waals surface area contributed by atoms with E-state index in [0.717, 1.165) is 61.1 Å². The zero-order valence-corrected chi connectivity index (χ0v) is 19.7. The minimum absolute atomic E-state index is 0.0573. The molecule has 1 aliphatic rings. The van der Waals surface area contributed by atoms with Gasteiger partial charge in [-0.2, -0.15) is 5.10 Å². The lowest BCUT2D eigenvalue weighted by molar-refractivity contribution is 0.206. The summed E-state index contributed by atoms with van der Waals surface area (Å²) in [5.41, 5.74) is 2.77. The summed E-state index contributed by atoms with van der Waals surface area (Å²) < 4.78 is 15.2. The highest BCUT2D eigenvalue weighted by Gasteiger charge is 2.21. The fourth-order valence-corrected chi connectivity index (χ4v) is 5.03. The molecule has 34 heavy (non-hydrogen) atoms. The molecule has 1 saturated heterocycles. The maximum absolute atomic E-state index is 13.6. The van der Waals surface area contributed by atoms with E-state index < -0.39 is 0 Å². The van der Waals surface area contributed by atoms with Crippen LogP contribution in [0, 0.1) is 5.82 Å². The third kappa shape index (κ3) is 4.91. The molecule has 5 rings (SSSR count). The van der Waals surface area contributed by atoms with Crippen molar-refractivity contribution in [3.05, 3.63) is 99.6 Å². The lowest BCUT2D eigenvalue weighted by Gasteiger charge is -2.32. The number of hydrogen-bond donors (Lipinski definition) is 0. The first-order valence-corrected chi connectivity index (χ1v) is 12.2. The van der Waals surface area contributed by atoms with Crippen LogP contribution in [0.15, 0.2) is 77.6 Å². The van der Waals surface area contributed by atoms with Crippen LogP contribution in [0.2, 0.25) is 5.02 Å². The van der Waals surface area contributed by atoms with Gasteiger partial charge in [0.2, 0.25) is 0 Å². The van der Waals surface area contributed by atoms with Gasteiger partial charge in [-0.25, -0.2) is 9.07 Å². The molecule has 0 N–H and O–H groups in total. The van der Waals surface area contributed by atoms with Crippen LogP contribution < -0.4 is 5.56 Å². The molecule has 0 bridgehead atoms. The Bertz CT molecular complexity index is 1340. The second-order valence-corrected chi connectivity index (χ2v) is 9.39. The van der Waals surface area contributed by atoms with E-state index in [1.807, 2.05) is 54.6 Å². The molecule has 4 nitrogen and oxygen atoms in total. The molecule has 0 amide bonds. The van der Waals surface area contributed by atoms with E-state index in [1.165, 1.54) is 6.07 Å². The van der Waals surface area contributed by atoms with Crippen LogP contribution in [0.25, 0.3) is 22.0 Å². The smallest absolute Gasteiger partial charge is 0.274 e. The molecule has 0 radical (unpaired) electrons. The Kier molecular flexibility index (Phi) is 6.75. The van der Waals surface area contributed by atoms with Gasteiger partial charge in [-0.1, -0.05) is 54.1 Å². The average Bonchev–Trinajstić information content (AvgIpc) is 2.86. The molecule has 0 saturated carbocycles. The molecule has 6 heteroatoms. The number of rotatable bonds is 6. The number of likely N-dealkylation sites (tertiary alicyclic amines) is 1. The van der Waals surface area contributed by atoms with Crippen molar-refractivity contribution in [2.24, 2.45) is 0 Å². The monoisotopic (exact) mass is 475 g/mol. The van der Waals surface area contributed by atoms with Crippen LogP contribution in [0.3, 0.4) is 0 Å². The van der Waals surface area contributed by atoms with Crippen LogP contribution in [-0.4, -0.2) is 34.3 Å². The van der Waals surface area contributed by atoms with Crippen LogP contribution >= 0.6 is 11.6 Å². The number of fused-ring (bicyclic) bond motifs is 1. The molecule has 1 aliphatic heterocycles. The number of hydrogen-bond acceptors (Lipinski definition) is 3. The lowest BCUT2D eigenvalue weighted by Crippen LogP contribution is -2.34. The van der Waals surface area contributed by atoms with E-state index in [-0.39, 0.29) is 11.4 Å². The summed E-state index contributed by atoms with van der Waals surface area (Å²) in [5.74, 6) is 0.255. The molecular formula is C28H27ClFN3O. The van der Waals surface area contributed by atoms with Gasteiger partial charge in [0.15, 0.2) is 0 Å². The zero-order valence-electron chi connectivity index (χ0n) is 19.0. The summed E-state index contributed by atoms with van der Waals surface area (Å²) in [7, 11) is 0. The van der Waals surface area contributed by atoms with Crippen molar-refractivity contribution in [3.63, 3.8) is 0 Å². The van der Waals surface area contributed by atoms with Crippen molar-refractivity contribution >= 4 is 22.4 Å². The maximum atomic E-state index is 13.6. The number of halogens is 2.